The zero-order valence-electron chi connectivity index (χ0n) is 16.4. The lowest BCUT2D eigenvalue weighted by Crippen LogP contribution is -2.48. The van der Waals surface area contributed by atoms with Crippen LogP contribution in [0.5, 0.6) is 0 Å². The fraction of sp³-hybridized carbons (Fsp3) is 0.588. The van der Waals surface area contributed by atoms with Gasteiger partial charge in [0.05, 0.1) is 0 Å². The van der Waals surface area contributed by atoms with E-state index >= 15 is 0 Å². The molecule has 154 valence electrons. The van der Waals surface area contributed by atoms with Crippen molar-refractivity contribution in [1.82, 2.24) is 0 Å². The summed E-state index contributed by atoms with van der Waals surface area (Å²) >= 11 is 1.93. The molecule has 0 aromatic heterocycles. The van der Waals surface area contributed by atoms with Gasteiger partial charge in [-0.05, 0) is 90.2 Å². The summed E-state index contributed by atoms with van der Waals surface area (Å²) in [6.07, 6.45) is -0.722. The van der Waals surface area contributed by atoms with Crippen molar-refractivity contribution < 1.29 is 23.0 Å². The molecule has 0 saturated heterocycles. The molecule has 0 aliphatic carbocycles. The van der Waals surface area contributed by atoms with Gasteiger partial charge in [-0.1, -0.05) is 19.6 Å². The highest BCUT2D eigenvalue weighted by molar-refractivity contribution is 14.1. The Kier molecular flexibility index (Phi) is 9.66. The van der Waals surface area contributed by atoms with E-state index in [4.69, 9.17) is 9.47 Å². The molecule has 0 aliphatic heterocycles. The number of ether oxygens (including phenoxy) is 2. The Labute approximate surface area is 192 Å². The molecule has 0 heterocycles. The van der Waals surface area contributed by atoms with Crippen molar-refractivity contribution in [3.63, 3.8) is 0 Å². The minimum Gasteiger partial charge on any atom is -0.404 e. The molecular formula is C17H27I2NO5SSi. The summed E-state index contributed by atoms with van der Waals surface area (Å²) in [5.74, 6) is 0. The second-order valence-electron chi connectivity index (χ2n) is 8.26. The number of halogens is 2. The van der Waals surface area contributed by atoms with E-state index in [1.165, 1.54) is 4.90 Å². The summed E-state index contributed by atoms with van der Waals surface area (Å²) in [5.41, 5.74) is -1.45. The lowest BCUT2D eigenvalue weighted by molar-refractivity contribution is -0.0438. The van der Waals surface area contributed by atoms with Crippen LogP contribution in [-0.2, 0) is 20.6 Å². The minimum atomic E-state index is -2.44. The Balaban J connectivity index is 3.02. The summed E-state index contributed by atoms with van der Waals surface area (Å²) < 4.78 is 33.7. The molecule has 2 unspecified atom stereocenters. The predicted octanol–water partition coefficient (Wildman–Crippen LogP) is 5.50. The summed E-state index contributed by atoms with van der Waals surface area (Å²) in [7, 11) is -1.37. The molecule has 0 aliphatic rings. The van der Waals surface area contributed by atoms with Crippen LogP contribution >= 0.6 is 45.2 Å². The molecule has 2 atom stereocenters. The first kappa shape index (κ1) is 25.3. The zero-order valence-corrected chi connectivity index (χ0v) is 22.5. The minimum absolute atomic E-state index is 0.274. The van der Waals surface area contributed by atoms with Gasteiger partial charge >= 0.3 is 11.7 Å². The number of anilines is 1. The van der Waals surface area contributed by atoms with Crippen molar-refractivity contribution in [2.45, 2.75) is 57.6 Å². The quantitative estimate of drug-likeness (QED) is 0.185. The van der Waals surface area contributed by atoms with E-state index in [2.05, 4.69) is 64.8 Å². The first-order valence-electron chi connectivity index (χ1n) is 8.39. The summed E-state index contributed by atoms with van der Waals surface area (Å²) in [4.78, 5) is 14.3. The molecule has 27 heavy (non-hydrogen) atoms. The van der Waals surface area contributed by atoms with Gasteiger partial charge in [-0.25, -0.2) is 9.00 Å². The fourth-order valence-corrected chi connectivity index (χ4v) is 5.18. The summed E-state index contributed by atoms with van der Waals surface area (Å²) in [6.45, 7) is 12.4. The van der Waals surface area contributed by atoms with Crippen LogP contribution in [0.25, 0.3) is 0 Å². The lowest BCUT2D eigenvalue weighted by Gasteiger charge is -2.35. The third-order valence-corrected chi connectivity index (χ3v) is 6.94. The smallest absolute Gasteiger partial charge is 0.404 e. The average molecular weight is 639 g/mol. The maximum atomic E-state index is 12.9. The normalized spacial score (nSPS) is 14.6. The van der Waals surface area contributed by atoms with E-state index in [1.807, 2.05) is 39.0 Å². The van der Waals surface area contributed by atoms with E-state index in [0.717, 1.165) is 13.2 Å². The Morgan fingerprint density at radius 2 is 1.74 bits per heavy atom. The molecule has 0 bridgehead atoms. The van der Waals surface area contributed by atoms with Gasteiger partial charge in [0.25, 0.3) is 0 Å². The number of carbonyl (C=O) groups excluding carboxylic acids is 1. The van der Waals surface area contributed by atoms with E-state index in [9.17, 15) is 13.6 Å². The molecule has 0 radical (unpaired) electrons. The maximum absolute atomic E-state index is 12.9. The molecule has 1 amide bonds. The van der Waals surface area contributed by atoms with Crippen LogP contribution in [0.1, 0.15) is 20.8 Å². The lowest BCUT2D eigenvalue weighted by atomic mass is 10.1. The highest BCUT2D eigenvalue weighted by atomic mass is 127. The number of carbonyl (C=O) groups is 1. The van der Waals surface area contributed by atoms with Gasteiger partial charge in [-0.3, -0.25) is 4.90 Å². The molecule has 10 heteroatoms. The van der Waals surface area contributed by atoms with Crippen LogP contribution in [0.4, 0.5) is 10.5 Å². The second-order valence-corrected chi connectivity index (χ2v) is 17.3. The van der Waals surface area contributed by atoms with Gasteiger partial charge < -0.3 is 14.0 Å². The molecule has 6 nitrogen and oxygen atoms in total. The van der Waals surface area contributed by atoms with E-state index in [0.29, 0.717) is 5.69 Å². The van der Waals surface area contributed by atoms with E-state index in [1.54, 1.807) is 0 Å². The van der Waals surface area contributed by atoms with Crippen molar-refractivity contribution in [2.75, 3.05) is 11.5 Å². The van der Waals surface area contributed by atoms with Crippen molar-refractivity contribution in [3.8, 4) is 0 Å². The van der Waals surface area contributed by atoms with Crippen LogP contribution in [0.2, 0.25) is 25.7 Å². The first-order valence-corrected chi connectivity index (χ1v) is 15.4. The van der Waals surface area contributed by atoms with Crippen LogP contribution in [0.15, 0.2) is 18.2 Å². The average Bonchev–Trinajstić information content (AvgIpc) is 2.42. The number of benzene rings is 1. The number of hydrogen-bond donors (Lipinski definition) is 1. The first-order chi connectivity index (χ1) is 12.2. The largest absolute Gasteiger partial charge is 0.417 e. The monoisotopic (exact) mass is 639 g/mol. The highest BCUT2D eigenvalue weighted by Gasteiger charge is 2.33. The van der Waals surface area contributed by atoms with E-state index < -0.39 is 36.4 Å². The third kappa shape index (κ3) is 9.06. The molecule has 1 N–H and O–H groups in total. The van der Waals surface area contributed by atoms with Gasteiger partial charge in [-0.15, -0.1) is 0 Å². The van der Waals surface area contributed by atoms with Crippen molar-refractivity contribution in [1.29, 1.82) is 0 Å². The number of hydrogen-bond acceptors (Lipinski definition) is 4. The van der Waals surface area contributed by atoms with Crippen molar-refractivity contribution in [2.24, 2.45) is 0 Å². The maximum Gasteiger partial charge on any atom is 0.417 e. The predicted molar refractivity (Wildman–Crippen MR) is 129 cm³/mol. The fourth-order valence-electron chi connectivity index (χ4n) is 2.16. The second kappa shape index (κ2) is 10.3. The zero-order chi connectivity index (χ0) is 21.0. The Morgan fingerprint density at radius 3 is 2.15 bits per heavy atom. The van der Waals surface area contributed by atoms with Gasteiger partial charge in [0, 0.05) is 33.0 Å². The Hall–Kier alpha value is 0.237. The number of nitrogens with zero attached hydrogens (tertiary/aromatic N) is 1. The standard InChI is InChI=1S/C17H27I2NO5SSi/c1-17(2,3)20(14-10-12(18)9-13(19)11-14)15(21)25-16(26(22)23)24-7-8-27(4,5)6/h9-11,16H,7-8H2,1-6H3,(H,22,23). The van der Waals surface area contributed by atoms with Gasteiger partial charge in [0.15, 0.2) is 0 Å². The highest BCUT2D eigenvalue weighted by Crippen LogP contribution is 2.29. The Bertz CT molecular complexity index is 671. The summed E-state index contributed by atoms with van der Waals surface area (Å²) in [5, 5.41) is 0. The molecule has 1 rings (SSSR count). The number of rotatable bonds is 7. The molecule has 1 aromatic carbocycles. The van der Waals surface area contributed by atoms with E-state index in [-0.39, 0.29) is 6.61 Å². The van der Waals surface area contributed by atoms with Crippen LogP contribution in [-0.4, -0.2) is 40.7 Å². The third-order valence-electron chi connectivity index (χ3n) is 3.43. The van der Waals surface area contributed by atoms with Crippen molar-refractivity contribution >= 4 is 76.1 Å². The molecule has 0 fully saturated rings. The SMILES string of the molecule is CC(C)(C)N(C(=O)OC(OCC[Si](C)(C)C)S(=O)O)c1cc(I)cc(I)c1. The Morgan fingerprint density at radius 1 is 1.22 bits per heavy atom. The summed E-state index contributed by atoms with van der Waals surface area (Å²) in [6, 6.07) is 6.52. The van der Waals surface area contributed by atoms with Gasteiger partial charge in [-0.2, -0.15) is 0 Å². The molecular weight excluding hydrogens is 612 g/mol. The van der Waals surface area contributed by atoms with Gasteiger partial charge in [0.1, 0.15) is 0 Å². The van der Waals surface area contributed by atoms with Crippen molar-refractivity contribution in [3.05, 3.63) is 25.3 Å². The van der Waals surface area contributed by atoms with Gasteiger partial charge in [0.2, 0.25) is 11.1 Å². The van der Waals surface area contributed by atoms with Crippen LogP contribution < -0.4 is 4.90 Å². The molecule has 1 aromatic rings. The van der Waals surface area contributed by atoms with Crippen LogP contribution in [0, 0.1) is 7.14 Å². The molecule has 0 saturated carbocycles. The molecule has 0 spiro atoms. The van der Waals surface area contributed by atoms with Crippen LogP contribution in [0.3, 0.4) is 0 Å². The topological polar surface area (TPSA) is 76.1 Å². The number of amides is 1.